The summed E-state index contributed by atoms with van der Waals surface area (Å²) >= 11 is 0. The van der Waals surface area contributed by atoms with Crippen LogP contribution in [0.4, 0.5) is 0 Å². The second-order valence-corrected chi connectivity index (χ2v) is 19.7. The lowest BCUT2D eigenvalue weighted by molar-refractivity contribution is -0.260. The minimum Gasteiger partial charge on any atom is -0.368 e. The molecule has 0 saturated carbocycles. The van der Waals surface area contributed by atoms with Crippen LogP contribution in [0, 0.1) is 0 Å². The van der Waals surface area contributed by atoms with Crippen LogP contribution in [0.25, 0.3) is 0 Å². The number of hydrogen-bond donors (Lipinski definition) is 4. The van der Waals surface area contributed by atoms with Gasteiger partial charge in [0, 0.05) is 13.1 Å². The van der Waals surface area contributed by atoms with Gasteiger partial charge >= 0.3 is 0 Å². The van der Waals surface area contributed by atoms with Gasteiger partial charge in [-0.25, -0.2) is 0 Å². The maximum Gasteiger partial charge on any atom is 0.252 e. The van der Waals surface area contributed by atoms with Gasteiger partial charge in [0.25, 0.3) is 11.8 Å². The summed E-state index contributed by atoms with van der Waals surface area (Å²) in [5, 5.41) is 11.7. The molecule has 408 valence electrons. The molecule has 3 aliphatic heterocycles. The molecule has 16 heteroatoms. The Hall–Kier alpha value is -7.12. The zero-order valence-electron chi connectivity index (χ0n) is 43.8. The number of rotatable bonds is 18. The van der Waals surface area contributed by atoms with E-state index in [-0.39, 0.29) is 52.7 Å². The molecule has 0 spiro atoms. The van der Waals surface area contributed by atoms with Gasteiger partial charge in [0.1, 0.15) is 60.9 Å². The molecule has 0 aromatic heterocycles. The Bertz CT molecular complexity index is 2610. The van der Waals surface area contributed by atoms with Gasteiger partial charge in [-0.15, -0.1) is 0 Å². The molecular formula is C62H68N4O12. The Labute approximate surface area is 455 Å². The van der Waals surface area contributed by atoms with Crippen LogP contribution in [-0.2, 0) is 96.7 Å². The Morgan fingerprint density at radius 1 is 0.333 bits per heavy atom. The van der Waals surface area contributed by atoms with Crippen LogP contribution in [0.3, 0.4) is 0 Å². The molecule has 6 aromatic carbocycles. The highest BCUT2D eigenvalue weighted by atomic mass is 16.6. The lowest BCUT2D eigenvalue weighted by atomic mass is 9.92. The zero-order chi connectivity index (χ0) is 54.1. The second kappa shape index (κ2) is 28.0. The molecule has 16 nitrogen and oxygen atoms in total. The highest BCUT2D eigenvalue weighted by molar-refractivity contribution is 5.90. The first-order valence-corrected chi connectivity index (χ1v) is 26.6. The standard InChI is InChI=1S/C62H68N4O12/c1-41-59(67)63-33-49-51(71-35-43-21-9-3-10-22-43)54(74-38-46-27-15-6-16-28-46)56(76-40-48-31-19-8-20-32-48)58(78-49)62(70)66-42(2)60(68)64-34-50-52(72-36-44-23-11-4-12-24-44)53(73-37-45-25-13-5-14-26-45)55(57(77-50)61(69)65-41)75-39-47-29-17-7-18-30-47/h3-32,41-42,49-58H,33-40H2,1-2H3,(H,63,67)(H,64,68)(H,65,69)(H,66,70)/t41-,42+,49-,50-,51-,52-,53+,54+,55-,56-,57-,58-/m0/s1. The minimum atomic E-state index is -1.38. The van der Waals surface area contributed by atoms with Crippen molar-refractivity contribution in [1.29, 1.82) is 0 Å². The molecule has 6 aromatic rings. The molecule has 3 saturated heterocycles. The van der Waals surface area contributed by atoms with E-state index in [0.717, 1.165) is 33.4 Å². The molecule has 78 heavy (non-hydrogen) atoms. The molecule has 3 fully saturated rings. The van der Waals surface area contributed by atoms with Gasteiger partial charge in [-0.05, 0) is 47.2 Å². The molecule has 0 aliphatic carbocycles. The van der Waals surface area contributed by atoms with Crippen LogP contribution >= 0.6 is 0 Å². The van der Waals surface area contributed by atoms with Gasteiger partial charge in [0.2, 0.25) is 11.8 Å². The number of ether oxygens (including phenoxy) is 8. The normalized spacial score (nSPS) is 27.0. The highest BCUT2D eigenvalue weighted by Gasteiger charge is 2.53. The van der Waals surface area contributed by atoms with Gasteiger partial charge in [-0.3, -0.25) is 19.2 Å². The van der Waals surface area contributed by atoms with Crippen LogP contribution in [-0.4, -0.2) is 110 Å². The van der Waals surface area contributed by atoms with E-state index in [1.165, 1.54) is 0 Å². The molecule has 4 bridgehead atoms. The van der Waals surface area contributed by atoms with E-state index in [0.29, 0.717) is 0 Å². The van der Waals surface area contributed by atoms with E-state index in [1.807, 2.05) is 182 Å². The predicted molar refractivity (Wildman–Crippen MR) is 289 cm³/mol. The number of carbonyl (C=O) groups excluding carboxylic acids is 4. The summed E-state index contributed by atoms with van der Waals surface area (Å²) in [5.74, 6) is -2.43. The Balaban J connectivity index is 1.06. The van der Waals surface area contributed by atoms with Crippen LogP contribution in [0.15, 0.2) is 182 Å². The molecule has 9 rings (SSSR count). The van der Waals surface area contributed by atoms with Crippen molar-refractivity contribution >= 4 is 23.6 Å². The van der Waals surface area contributed by atoms with E-state index >= 15 is 0 Å². The Kier molecular flexibility index (Phi) is 19.9. The SMILES string of the molecule is C[C@@H]1NC(=O)[C@H]2O[C@@H](CNC(=O)[C@@H](C)NC(=O)[C@H]3O[C@@H](CNC1=O)[C@H](OCc1ccccc1)[C@@H](OCc1ccccc1)[C@@H]3OCc1ccccc1)[C@H](OCc1ccccc1)[C@@H](OCc1ccccc1)[C@@H]2OCc1ccccc1. The molecule has 3 heterocycles. The van der Waals surface area contributed by atoms with E-state index in [9.17, 15) is 19.2 Å². The number of benzene rings is 6. The fraction of sp³-hybridized carbons (Fsp3) is 0.355. The van der Waals surface area contributed by atoms with Crippen molar-refractivity contribution in [2.24, 2.45) is 0 Å². The lowest BCUT2D eigenvalue weighted by Crippen LogP contribution is -2.67. The van der Waals surface area contributed by atoms with Crippen molar-refractivity contribution < 1.29 is 57.1 Å². The third-order valence-electron chi connectivity index (χ3n) is 14.0. The largest absolute Gasteiger partial charge is 0.368 e. The smallest absolute Gasteiger partial charge is 0.252 e. The quantitative estimate of drug-likeness (QED) is 0.0755. The van der Waals surface area contributed by atoms with E-state index in [1.54, 1.807) is 13.8 Å². The van der Waals surface area contributed by atoms with Gasteiger partial charge in [-0.1, -0.05) is 182 Å². The average molecular weight is 1060 g/mol. The van der Waals surface area contributed by atoms with E-state index in [4.69, 9.17) is 37.9 Å². The number of amides is 4. The molecule has 4 amide bonds. The van der Waals surface area contributed by atoms with Crippen LogP contribution in [0.5, 0.6) is 0 Å². The Morgan fingerprint density at radius 3 is 0.821 bits per heavy atom. The lowest BCUT2D eigenvalue weighted by Gasteiger charge is -2.46. The number of carbonyl (C=O) groups is 4. The first-order chi connectivity index (χ1) is 38.2. The fourth-order valence-electron chi connectivity index (χ4n) is 9.76. The fourth-order valence-corrected chi connectivity index (χ4v) is 9.76. The van der Waals surface area contributed by atoms with Crippen molar-refractivity contribution in [3.8, 4) is 0 Å². The molecule has 0 unspecified atom stereocenters. The van der Waals surface area contributed by atoms with E-state index in [2.05, 4.69) is 21.3 Å². The van der Waals surface area contributed by atoms with Crippen molar-refractivity contribution in [1.82, 2.24) is 21.3 Å². The maximum absolute atomic E-state index is 14.9. The number of nitrogens with one attached hydrogen (secondary N) is 4. The second-order valence-electron chi connectivity index (χ2n) is 19.7. The van der Waals surface area contributed by atoms with Crippen molar-refractivity contribution in [3.05, 3.63) is 215 Å². The van der Waals surface area contributed by atoms with Crippen molar-refractivity contribution in [2.75, 3.05) is 13.1 Å². The number of hydrogen-bond acceptors (Lipinski definition) is 12. The summed E-state index contributed by atoms with van der Waals surface area (Å²) in [6.45, 7) is 3.39. The van der Waals surface area contributed by atoms with Crippen LogP contribution in [0.1, 0.15) is 47.2 Å². The molecular weight excluding hydrogens is 993 g/mol. The summed E-state index contributed by atoms with van der Waals surface area (Å²) in [6, 6.07) is 55.0. The summed E-state index contributed by atoms with van der Waals surface area (Å²) < 4.78 is 54.0. The summed E-state index contributed by atoms with van der Waals surface area (Å²) in [6.07, 6.45) is -10.8. The third kappa shape index (κ3) is 15.1. The molecule has 3 aliphatic rings. The maximum atomic E-state index is 14.9. The van der Waals surface area contributed by atoms with Gasteiger partial charge in [0.05, 0.1) is 39.6 Å². The topological polar surface area (TPSA) is 190 Å². The Morgan fingerprint density at radius 2 is 0.564 bits per heavy atom. The van der Waals surface area contributed by atoms with Crippen molar-refractivity contribution in [3.63, 3.8) is 0 Å². The summed E-state index contributed by atoms with van der Waals surface area (Å²) in [5.41, 5.74) is 5.11. The van der Waals surface area contributed by atoms with Gasteiger partial charge in [0.15, 0.2) is 12.2 Å². The predicted octanol–water partition coefficient (Wildman–Crippen LogP) is 6.29. The first-order valence-electron chi connectivity index (χ1n) is 26.6. The van der Waals surface area contributed by atoms with Crippen LogP contribution < -0.4 is 21.3 Å². The molecule has 4 N–H and O–H groups in total. The van der Waals surface area contributed by atoms with E-state index < -0.39 is 96.8 Å². The summed E-state index contributed by atoms with van der Waals surface area (Å²) in [7, 11) is 0. The number of fused-ring (bicyclic) bond motifs is 4. The van der Waals surface area contributed by atoms with Gasteiger partial charge < -0.3 is 59.2 Å². The average Bonchev–Trinajstić information content (AvgIpc) is 3.48. The van der Waals surface area contributed by atoms with Gasteiger partial charge in [-0.2, -0.15) is 0 Å². The highest BCUT2D eigenvalue weighted by Crippen LogP contribution is 2.33. The molecule has 12 atom stereocenters. The monoisotopic (exact) mass is 1060 g/mol. The van der Waals surface area contributed by atoms with Crippen LogP contribution in [0.2, 0.25) is 0 Å². The summed E-state index contributed by atoms with van der Waals surface area (Å²) in [4.78, 5) is 58.7. The molecule has 0 radical (unpaired) electrons. The first kappa shape index (κ1) is 55.6. The third-order valence-corrected chi connectivity index (χ3v) is 14.0. The van der Waals surface area contributed by atoms with Crippen molar-refractivity contribution in [2.45, 2.75) is 127 Å². The minimum absolute atomic E-state index is 0.0774. The zero-order valence-corrected chi connectivity index (χ0v) is 43.8.